The number of aliphatic carboxylic acids is 1. The van der Waals surface area contributed by atoms with Gasteiger partial charge < -0.3 is 19.5 Å². The van der Waals surface area contributed by atoms with E-state index in [0.717, 1.165) is 17.7 Å². The second-order valence-corrected chi connectivity index (χ2v) is 7.92. The zero-order valence-electron chi connectivity index (χ0n) is 19.5. The fraction of sp³-hybridized carbons (Fsp3) is 0.440. The van der Waals surface area contributed by atoms with Gasteiger partial charge in [0.1, 0.15) is 5.75 Å². The van der Waals surface area contributed by atoms with Crippen LogP contribution in [-0.4, -0.2) is 47.2 Å². The van der Waals surface area contributed by atoms with Crippen molar-refractivity contribution in [3.05, 3.63) is 65.2 Å². The molecule has 9 heteroatoms. The molecule has 34 heavy (non-hydrogen) atoms. The zero-order chi connectivity index (χ0) is 25.3. The van der Waals surface area contributed by atoms with Gasteiger partial charge >= 0.3 is 12.1 Å². The molecule has 0 aliphatic heterocycles. The number of halogens is 3. The van der Waals surface area contributed by atoms with Gasteiger partial charge in [-0.25, -0.2) is 4.79 Å². The number of alkyl halides is 3. The molecule has 186 valence electrons. The van der Waals surface area contributed by atoms with Crippen molar-refractivity contribution in [2.24, 2.45) is 0 Å². The molecular formula is C25H30F3NO5. The van der Waals surface area contributed by atoms with E-state index in [9.17, 15) is 27.9 Å². The summed E-state index contributed by atoms with van der Waals surface area (Å²) < 4.78 is 49.2. The van der Waals surface area contributed by atoms with Gasteiger partial charge in [0.05, 0.1) is 11.7 Å². The Labute approximate surface area is 197 Å². The van der Waals surface area contributed by atoms with E-state index >= 15 is 0 Å². The number of carboxylic acid groups (broad SMARTS) is 1. The number of likely N-dealkylation sites (N-methyl/N-ethyl adjacent to an activating group) is 1. The number of amides is 1. The number of carbonyl (C=O) groups excluding carboxylic acids is 1. The lowest BCUT2D eigenvalue weighted by atomic mass is 10.1. The molecular weight excluding hydrogens is 451 g/mol. The maximum atomic E-state index is 12.7. The third kappa shape index (κ3) is 8.37. The van der Waals surface area contributed by atoms with Crippen LogP contribution in [0.15, 0.2) is 48.5 Å². The van der Waals surface area contributed by atoms with E-state index in [2.05, 4.69) is 0 Å². The van der Waals surface area contributed by atoms with Crippen LogP contribution in [0.3, 0.4) is 0 Å². The number of ether oxygens (including phenoxy) is 2. The van der Waals surface area contributed by atoms with Crippen molar-refractivity contribution in [2.75, 3.05) is 13.2 Å². The topological polar surface area (TPSA) is 76.1 Å². The number of carboxylic acids is 1. The smallest absolute Gasteiger partial charge is 0.416 e. The van der Waals surface area contributed by atoms with Crippen LogP contribution in [0.25, 0.3) is 0 Å². The molecule has 0 saturated heterocycles. The van der Waals surface area contributed by atoms with E-state index in [0.29, 0.717) is 24.3 Å². The minimum atomic E-state index is -4.41. The van der Waals surface area contributed by atoms with Crippen LogP contribution in [-0.2, 0) is 33.5 Å². The van der Waals surface area contributed by atoms with E-state index in [4.69, 9.17) is 9.47 Å². The highest BCUT2D eigenvalue weighted by Crippen LogP contribution is 2.29. The monoisotopic (exact) mass is 481 g/mol. The first-order valence-electron chi connectivity index (χ1n) is 11.1. The molecule has 2 aromatic rings. The molecule has 0 fully saturated rings. The lowest BCUT2D eigenvalue weighted by molar-refractivity contribution is -0.153. The summed E-state index contributed by atoms with van der Waals surface area (Å²) in [6.45, 7) is 5.82. The Balaban J connectivity index is 1.91. The molecule has 0 spiro atoms. The summed E-state index contributed by atoms with van der Waals surface area (Å²) in [7, 11) is 0. The molecule has 1 N–H and O–H groups in total. The van der Waals surface area contributed by atoms with Crippen LogP contribution in [0.4, 0.5) is 13.2 Å². The Morgan fingerprint density at radius 2 is 1.59 bits per heavy atom. The number of nitrogens with zero attached hydrogens (tertiary/aromatic N) is 1. The van der Waals surface area contributed by atoms with Gasteiger partial charge in [-0.2, -0.15) is 13.2 Å². The Kier molecular flexibility index (Phi) is 9.92. The Bertz CT molecular complexity index is 929. The average Bonchev–Trinajstić information content (AvgIpc) is 2.80. The second-order valence-electron chi connectivity index (χ2n) is 7.92. The highest BCUT2D eigenvalue weighted by molar-refractivity contribution is 5.77. The SMILES string of the molecule is CCC(C)O[C@@H](Cc1ccc(OCC(=O)N(CC)Cc2ccc(C(F)(F)F)cc2)cc1)C(=O)O. The Hall–Kier alpha value is -3.07. The van der Waals surface area contributed by atoms with Crippen LogP contribution in [0, 0.1) is 0 Å². The van der Waals surface area contributed by atoms with E-state index in [1.807, 2.05) is 13.8 Å². The minimum Gasteiger partial charge on any atom is -0.484 e. The molecule has 0 radical (unpaired) electrons. The summed E-state index contributed by atoms with van der Waals surface area (Å²) in [6.07, 6.45) is -4.61. The van der Waals surface area contributed by atoms with E-state index < -0.39 is 23.8 Å². The molecule has 2 rings (SSSR count). The number of carbonyl (C=O) groups is 2. The lowest BCUT2D eigenvalue weighted by Crippen LogP contribution is -2.34. The van der Waals surface area contributed by atoms with Gasteiger partial charge in [0, 0.05) is 19.5 Å². The molecule has 1 amide bonds. The first-order chi connectivity index (χ1) is 16.0. The predicted molar refractivity (Wildman–Crippen MR) is 120 cm³/mol. The van der Waals surface area contributed by atoms with Crippen LogP contribution in [0.2, 0.25) is 0 Å². The number of hydrogen-bond acceptors (Lipinski definition) is 4. The number of benzene rings is 2. The fourth-order valence-corrected chi connectivity index (χ4v) is 3.14. The number of hydrogen-bond donors (Lipinski definition) is 1. The minimum absolute atomic E-state index is 0.168. The van der Waals surface area contributed by atoms with Crippen molar-refractivity contribution >= 4 is 11.9 Å². The number of rotatable bonds is 12. The molecule has 0 aliphatic carbocycles. The van der Waals surface area contributed by atoms with E-state index in [-0.39, 0.29) is 31.6 Å². The summed E-state index contributed by atoms with van der Waals surface area (Å²) in [5.41, 5.74) is 0.602. The van der Waals surface area contributed by atoms with Crippen LogP contribution >= 0.6 is 0 Å². The first kappa shape index (κ1) is 27.2. The van der Waals surface area contributed by atoms with E-state index in [1.165, 1.54) is 17.0 Å². The Morgan fingerprint density at radius 3 is 2.09 bits per heavy atom. The van der Waals surface area contributed by atoms with Crippen LogP contribution < -0.4 is 4.74 Å². The third-order valence-corrected chi connectivity index (χ3v) is 5.34. The normalized spacial score (nSPS) is 13.2. The molecule has 0 saturated carbocycles. The largest absolute Gasteiger partial charge is 0.484 e. The summed E-state index contributed by atoms with van der Waals surface area (Å²) in [4.78, 5) is 25.5. The summed E-state index contributed by atoms with van der Waals surface area (Å²) >= 11 is 0. The lowest BCUT2D eigenvalue weighted by Gasteiger charge is -2.21. The molecule has 0 bridgehead atoms. The molecule has 2 aromatic carbocycles. The van der Waals surface area contributed by atoms with Gasteiger partial charge in [0.2, 0.25) is 0 Å². The molecule has 0 aromatic heterocycles. The van der Waals surface area contributed by atoms with Gasteiger partial charge in [0.15, 0.2) is 12.7 Å². The van der Waals surface area contributed by atoms with Crippen molar-refractivity contribution in [1.82, 2.24) is 4.90 Å². The zero-order valence-corrected chi connectivity index (χ0v) is 19.5. The molecule has 0 aliphatic rings. The predicted octanol–water partition coefficient (Wildman–Crippen LogP) is 4.94. The van der Waals surface area contributed by atoms with Crippen molar-refractivity contribution in [1.29, 1.82) is 0 Å². The third-order valence-electron chi connectivity index (χ3n) is 5.34. The van der Waals surface area contributed by atoms with Crippen molar-refractivity contribution < 1.29 is 37.3 Å². The molecule has 1 unspecified atom stereocenters. The van der Waals surface area contributed by atoms with Gasteiger partial charge in [0.25, 0.3) is 5.91 Å². The van der Waals surface area contributed by atoms with Crippen molar-refractivity contribution in [3.8, 4) is 5.75 Å². The summed E-state index contributed by atoms with van der Waals surface area (Å²) in [5.74, 6) is -0.893. The fourth-order valence-electron chi connectivity index (χ4n) is 3.14. The average molecular weight is 482 g/mol. The highest BCUT2D eigenvalue weighted by Gasteiger charge is 2.30. The van der Waals surface area contributed by atoms with Crippen LogP contribution in [0.1, 0.15) is 43.9 Å². The standard InChI is InChI=1S/C25H30F3NO5/c1-4-17(3)34-22(24(31)32)14-18-8-12-21(13-9-18)33-16-23(30)29(5-2)15-19-6-10-20(11-7-19)25(26,27)28/h6-13,17,22H,4-5,14-16H2,1-3H3,(H,31,32)/t17?,22-/m0/s1. The molecule has 2 atom stereocenters. The van der Waals surface area contributed by atoms with Gasteiger partial charge in [-0.15, -0.1) is 0 Å². The van der Waals surface area contributed by atoms with Crippen molar-refractivity contribution in [2.45, 2.75) is 58.5 Å². The van der Waals surface area contributed by atoms with Crippen molar-refractivity contribution in [3.63, 3.8) is 0 Å². The maximum absolute atomic E-state index is 12.7. The molecule has 0 heterocycles. The Morgan fingerprint density at radius 1 is 1.00 bits per heavy atom. The van der Waals surface area contributed by atoms with Gasteiger partial charge in [-0.3, -0.25) is 4.79 Å². The van der Waals surface area contributed by atoms with Crippen LogP contribution in [0.5, 0.6) is 5.75 Å². The summed E-state index contributed by atoms with van der Waals surface area (Å²) in [6, 6.07) is 11.4. The quantitative estimate of drug-likeness (QED) is 0.465. The maximum Gasteiger partial charge on any atom is 0.416 e. The highest BCUT2D eigenvalue weighted by atomic mass is 19.4. The van der Waals surface area contributed by atoms with E-state index in [1.54, 1.807) is 31.2 Å². The molecule has 6 nitrogen and oxygen atoms in total. The summed E-state index contributed by atoms with van der Waals surface area (Å²) in [5, 5.41) is 9.37. The van der Waals surface area contributed by atoms with Gasteiger partial charge in [-0.05, 0) is 55.7 Å². The first-order valence-corrected chi connectivity index (χ1v) is 11.1. The van der Waals surface area contributed by atoms with Gasteiger partial charge in [-0.1, -0.05) is 31.2 Å². The second kappa shape index (κ2) is 12.4.